The molecule has 0 aromatic rings. The zero-order valence-corrected chi connectivity index (χ0v) is 33.0. The first-order valence-electron chi connectivity index (χ1n) is 17.6. The molecule has 0 atom stereocenters. The molecule has 0 spiro atoms. The molecule has 5 amide bonds. The van der Waals surface area contributed by atoms with E-state index < -0.39 is 5.91 Å². The monoisotopic (exact) mass is 726 g/mol. The van der Waals surface area contributed by atoms with Gasteiger partial charge in [0.2, 0.25) is 29.5 Å². The molecule has 0 aromatic carbocycles. The van der Waals surface area contributed by atoms with Crippen LogP contribution in [-0.2, 0) is 47.7 Å². The average molecular weight is 726 g/mol. The van der Waals surface area contributed by atoms with Crippen LogP contribution in [0.25, 0.3) is 0 Å². The lowest BCUT2D eigenvalue weighted by Crippen LogP contribution is -2.20. The number of rotatable bonds is 25. The van der Waals surface area contributed by atoms with Crippen LogP contribution >= 0.6 is 0 Å². The zero-order valence-electron chi connectivity index (χ0n) is 33.0. The molecule has 0 radical (unpaired) electrons. The summed E-state index contributed by atoms with van der Waals surface area (Å²) in [5, 5.41) is 0. The van der Waals surface area contributed by atoms with Gasteiger partial charge in [-0.25, -0.2) is 0 Å². The van der Waals surface area contributed by atoms with Crippen molar-refractivity contribution in [3.05, 3.63) is 0 Å². The van der Waals surface area contributed by atoms with Gasteiger partial charge in [0.05, 0.1) is 37.1 Å². The Morgan fingerprint density at radius 1 is 0.340 bits per heavy atom. The third-order valence-electron chi connectivity index (χ3n) is 5.16. The van der Waals surface area contributed by atoms with E-state index in [0.717, 1.165) is 51.7 Å². The Hall–Kier alpha value is -2.85. The number of carbonyl (C=O) groups excluding carboxylic acids is 5. The van der Waals surface area contributed by atoms with Crippen LogP contribution in [-0.4, -0.2) is 93.1 Å². The summed E-state index contributed by atoms with van der Waals surface area (Å²) in [5.41, 5.74) is 24.5. The summed E-state index contributed by atoms with van der Waals surface area (Å²) >= 11 is 0. The first-order chi connectivity index (χ1) is 23.1. The van der Waals surface area contributed by atoms with Crippen LogP contribution < -0.4 is 28.7 Å². The lowest BCUT2D eigenvalue weighted by atomic mass is 10.2. The highest BCUT2D eigenvalue weighted by Crippen LogP contribution is 2.01. The Labute approximate surface area is 302 Å². The molecule has 0 fully saturated rings. The van der Waals surface area contributed by atoms with E-state index in [1.165, 1.54) is 0 Å². The highest BCUT2D eigenvalue weighted by atomic mass is 16.5. The maximum atomic E-state index is 10.3. The second kappa shape index (κ2) is 42.3. The van der Waals surface area contributed by atoms with Crippen molar-refractivity contribution in [3.8, 4) is 0 Å². The van der Waals surface area contributed by atoms with Gasteiger partial charge in [0, 0.05) is 45.5 Å². The summed E-state index contributed by atoms with van der Waals surface area (Å²) in [4.78, 5) is 50.9. The summed E-state index contributed by atoms with van der Waals surface area (Å²) in [6, 6.07) is 0. The van der Waals surface area contributed by atoms with Crippen molar-refractivity contribution >= 4 is 29.5 Å². The number of ether oxygens (including phenoxy) is 5. The second-order valence-corrected chi connectivity index (χ2v) is 12.5. The lowest BCUT2D eigenvalue weighted by Gasteiger charge is -2.06. The fourth-order valence-electron chi connectivity index (χ4n) is 2.83. The third kappa shape index (κ3) is 85.1. The maximum Gasteiger partial charge on any atom is 0.243 e. The normalized spacial score (nSPS) is 10.3. The lowest BCUT2D eigenvalue weighted by molar-refractivity contribution is -0.124. The van der Waals surface area contributed by atoms with Crippen molar-refractivity contribution in [2.75, 3.05) is 33.0 Å². The number of carbonyl (C=O) groups is 5. The number of hydrogen-bond acceptors (Lipinski definition) is 10. The maximum absolute atomic E-state index is 10.3. The number of unbranched alkanes of at least 4 members (excludes halogenated alkanes) is 3. The van der Waals surface area contributed by atoms with E-state index in [9.17, 15) is 24.0 Å². The molecule has 15 nitrogen and oxygen atoms in total. The number of amides is 5. The van der Waals surface area contributed by atoms with Gasteiger partial charge in [-0.3, -0.25) is 24.0 Å². The van der Waals surface area contributed by atoms with Crippen molar-refractivity contribution in [2.24, 2.45) is 28.7 Å². The van der Waals surface area contributed by atoms with E-state index in [2.05, 4.69) is 0 Å². The molecule has 0 bridgehead atoms. The van der Waals surface area contributed by atoms with Gasteiger partial charge in [-0.2, -0.15) is 0 Å². The van der Waals surface area contributed by atoms with E-state index in [0.29, 0.717) is 45.0 Å². The van der Waals surface area contributed by atoms with E-state index in [-0.39, 0.29) is 54.7 Å². The summed E-state index contributed by atoms with van der Waals surface area (Å²) in [6.45, 7) is 22.1. The van der Waals surface area contributed by atoms with Crippen molar-refractivity contribution < 1.29 is 47.7 Å². The Bertz CT molecular complexity index is 811. The smallest absolute Gasteiger partial charge is 0.243 e. The Kier molecular flexibility index (Phi) is 47.8. The molecule has 0 heterocycles. The highest BCUT2D eigenvalue weighted by Gasteiger charge is 1.99. The van der Waals surface area contributed by atoms with E-state index >= 15 is 0 Å². The largest absolute Gasteiger partial charge is 0.379 e. The molecule has 15 heteroatoms. The second-order valence-electron chi connectivity index (χ2n) is 12.5. The predicted octanol–water partition coefficient (Wildman–Crippen LogP) is 3.38. The van der Waals surface area contributed by atoms with Crippen LogP contribution in [0, 0.1) is 0 Å². The minimum Gasteiger partial charge on any atom is -0.379 e. The van der Waals surface area contributed by atoms with Gasteiger partial charge >= 0.3 is 0 Å². The number of primary amides is 5. The summed E-state index contributed by atoms with van der Waals surface area (Å²) in [7, 11) is 0. The van der Waals surface area contributed by atoms with E-state index in [1.54, 1.807) is 0 Å². The molecule has 300 valence electrons. The fraction of sp³-hybridized carbons (Fsp3) is 0.857. The van der Waals surface area contributed by atoms with E-state index in [4.69, 9.17) is 52.4 Å². The van der Waals surface area contributed by atoms with Gasteiger partial charge in [-0.1, -0.05) is 6.42 Å². The molecule has 0 aliphatic carbocycles. The summed E-state index contributed by atoms with van der Waals surface area (Å²) in [6.07, 6.45) is 8.23. The minimum atomic E-state index is -0.418. The predicted molar refractivity (Wildman–Crippen MR) is 198 cm³/mol. The number of nitrogens with two attached hydrogens (primary N) is 5. The average Bonchev–Trinajstić information content (AvgIpc) is 2.96. The quantitative estimate of drug-likeness (QED) is 0.0857. The standard InChI is InChI=1S/C9H19NO2.C8H17NO2.C7H15NO2.C6H13NO2.C5H11NO2/c1-8(2)12-7-5-3-4-6-9(10)11;1-7(2)11-6-4-3-5-8(9)10;1-6(2)10-5-3-4-7(8)9;1-5(2)9-4-3-6(7)8;1-4(2)8-3-5(6)7/h8H,3-7H2,1-2H3,(H2,10,11);7H,3-6H2,1-2H3,(H2,9,10);6H,3-5H2,1-2H3,(H2,8,9);5H,3-4H2,1-2H3,(H2,7,8);4H,3H2,1-2H3,(H2,6,7). The van der Waals surface area contributed by atoms with Gasteiger partial charge in [0.1, 0.15) is 6.61 Å². The summed E-state index contributed by atoms with van der Waals surface area (Å²) < 4.78 is 25.7. The molecule has 0 aliphatic rings. The molecule has 0 saturated carbocycles. The van der Waals surface area contributed by atoms with Crippen molar-refractivity contribution in [1.29, 1.82) is 0 Å². The first-order valence-corrected chi connectivity index (χ1v) is 17.6. The van der Waals surface area contributed by atoms with Gasteiger partial charge < -0.3 is 52.4 Å². The Morgan fingerprint density at radius 2 is 0.620 bits per heavy atom. The molecule has 0 saturated heterocycles. The fourth-order valence-corrected chi connectivity index (χ4v) is 2.83. The highest BCUT2D eigenvalue weighted by molar-refractivity contribution is 5.75. The van der Waals surface area contributed by atoms with Gasteiger partial charge in [0.25, 0.3) is 0 Å². The van der Waals surface area contributed by atoms with Gasteiger partial charge in [-0.15, -0.1) is 0 Å². The SMILES string of the molecule is CC(C)OCC(N)=O.CC(C)OCCC(N)=O.CC(C)OCCCC(N)=O.CC(C)OCCCCC(N)=O.CC(C)OCCCCCC(N)=O. The van der Waals surface area contributed by atoms with Crippen molar-refractivity contribution in [2.45, 2.75) is 164 Å². The van der Waals surface area contributed by atoms with Crippen LogP contribution in [0.1, 0.15) is 133 Å². The van der Waals surface area contributed by atoms with Gasteiger partial charge in [-0.05, 0) is 101 Å². The van der Waals surface area contributed by atoms with Crippen LogP contribution in [0.2, 0.25) is 0 Å². The molecule has 0 aliphatic heterocycles. The van der Waals surface area contributed by atoms with Gasteiger partial charge in [0.15, 0.2) is 0 Å². The Morgan fingerprint density at radius 3 is 0.920 bits per heavy atom. The molecule has 0 unspecified atom stereocenters. The van der Waals surface area contributed by atoms with Crippen LogP contribution in [0.15, 0.2) is 0 Å². The van der Waals surface area contributed by atoms with Crippen LogP contribution in [0.3, 0.4) is 0 Å². The number of hydrogen-bond donors (Lipinski definition) is 5. The van der Waals surface area contributed by atoms with Crippen molar-refractivity contribution in [1.82, 2.24) is 0 Å². The Balaban J connectivity index is -0.000000170. The topological polar surface area (TPSA) is 262 Å². The van der Waals surface area contributed by atoms with E-state index in [1.807, 2.05) is 69.2 Å². The molecular formula is C35H75N5O10. The molecule has 0 aromatic heterocycles. The summed E-state index contributed by atoms with van der Waals surface area (Å²) in [5.74, 6) is -1.42. The molecule has 10 N–H and O–H groups in total. The molecule has 50 heavy (non-hydrogen) atoms. The molecular weight excluding hydrogens is 650 g/mol. The van der Waals surface area contributed by atoms with Crippen LogP contribution in [0.4, 0.5) is 0 Å². The minimum absolute atomic E-state index is 0.0255. The molecule has 0 rings (SSSR count). The zero-order chi connectivity index (χ0) is 39.9. The first kappa shape index (κ1) is 56.5. The van der Waals surface area contributed by atoms with Crippen LogP contribution in [0.5, 0.6) is 0 Å². The third-order valence-corrected chi connectivity index (χ3v) is 5.16. The van der Waals surface area contributed by atoms with Crippen molar-refractivity contribution in [3.63, 3.8) is 0 Å².